The summed E-state index contributed by atoms with van der Waals surface area (Å²) >= 11 is 1.58. The maximum absolute atomic E-state index is 13.7. The molecule has 6 nitrogen and oxygen atoms in total. The van der Waals surface area contributed by atoms with Gasteiger partial charge in [0.25, 0.3) is 5.91 Å². The third-order valence-corrected chi connectivity index (χ3v) is 6.91. The number of rotatable bonds is 9. The molecule has 33 heavy (non-hydrogen) atoms. The third-order valence-electron chi connectivity index (χ3n) is 5.89. The Morgan fingerprint density at radius 1 is 1.21 bits per heavy atom. The number of benzene rings is 2. The lowest BCUT2D eigenvalue weighted by molar-refractivity contribution is 0.0391. The Morgan fingerprint density at radius 3 is 2.82 bits per heavy atom. The van der Waals surface area contributed by atoms with E-state index in [2.05, 4.69) is 37.8 Å². The Balaban J connectivity index is 1.61. The number of hydrogen-bond donors (Lipinski definition) is 0. The van der Waals surface area contributed by atoms with Crippen LogP contribution in [0, 0.1) is 13.8 Å². The Kier molecular flexibility index (Phi) is 7.96. The standard InChI is InChI=1S/C26H33N3O3S/c1-4-5-13-32-22-8-6-7-21(18-22)25(30)29(10-9-28-11-14-31-15-12-28)26-27-24-20(3)16-19(2)17-23(24)33-26/h6-8,16-18H,4-5,9-15H2,1-3H3. The molecule has 4 rings (SSSR count). The second-order valence-electron chi connectivity index (χ2n) is 8.57. The molecule has 0 atom stereocenters. The molecule has 1 aliphatic rings. The van der Waals surface area contributed by atoms with Crippen molar-refractivity contribution in [3.8, 4) is 5.75 Å². The fourth-order valence-electron chi connectivity index (χ4n) is 4.03. The molecule has 0 bridgehead atoms. The number of aryl methyl sites for hydroxylation is 2. The number of carbonyl (C=O) groups excluding carboxylic acids is 1. The molecule has 0 aliphatic carbocycles. The zero-order chi connectivity index (χ0) is 23.2. The Labute approximate surface area is 200 Å². The molecule has 176 valence electrons. The number of anilines is 1. The van der Waals surface area contributed by atoms with Crippen LogP contribution in [-0.4, -0.2) is 61.8 Å². The summed E-state index contributed by atoms with van der Waals surface area (Å²) in [6, 6.07) is 11.8. The van der Waals surface area contributed by atoms with Crippen LogP contribution in [0.25, 0.3) is 10.2 Å². The smallest absolute Gasteiger partial charge is 0.260 e. The molecule has 2 aromatic carbocycles. The Morgan fingerprint density at radius 2 is 2.03 bits per heavy atom. The first-order valence-electron chi connectivity index (χ1n) is 11.8. The fraction of sp³-hybridized carbons (Fsp3) is 0.462. The van der Waals surface area contributed by atoms with E-state index in [1.165, 1.54) is 5.56 Å². The minimum absolute atomic E-state index is 0.0439. The largest absolute Gasteiger partial charge is 0.494 e. The van der Waals surface area contributed by atoms with Gasteiger partial charge in [0.1, 0.15) is 5.75 Å². The van der Waals surface area contributed by atoms with Crippen LogP contribution in [0.15, 0.2) is 36.4 Å². The highest BCUT2D eigenvalue weighted by Crippen LogP contribution is 2.32. The number of unbranched alkanes of at least 4 members (excludes halogenated alkanes) is 1. The number of carbonyl (C=O) groups is 1. The summed E-state index contributed by atoms with van der Waals surface area (Å²) in [5.74, 6) is 0.691. The molecule has 0 N–H and O–H groups in total. The van der Waals surface area contributed by atoms with Gasteiger partial charge in [0.15, 0.2) is 5.13 Å². The van der Waals surface area contributed by atoms with E-state index in [0.29, 0.717) is 18.7 Å². The number of aromatic nitrogens is 1. The minimum atomic E-state index is -0.0439. The fourth-order valence-corrected chi connectivity index (χ4v) is 5.20. The molecule has 3 aromatic rings. The van der Waals surface area contributed by atoms with Crippen LogP contribution in [0.5, 0.6) is 5.75 Å². The molecule has 7 heteroatoms. The van der Waals surface area contributed by atoms with Crippen LogP contribution >= 0.6 is 11.3 Å². The number of ether oxygens (including phenoxy) is 2. The number of thiazole rings is 1. The summed E-state index contributed by atoms with van der Waals surface area (Å²) in [6.45, 7) is 11.6. The third kappa shape index (κ3) is 5.91. The number of hydrogen-bond acceptors (Lipinski definition) is 6. The highest BCUT2D eigenvalue weighted by atomic mass is 32.1. The van der Waals surface area contributed by atoms with Gasteiger partial charge in [0, 0.05) is 31.7 Å². The molecule has 0 saturated carbocycles. The van der Waals surface area contributed by atoms with Gasteiger partial charge in [-0.3, -0.25) is 14.6 Å². The average Bonchev–Trinajstić information content (AvgIpc) is 3.24. The predicted molar refractivity (Wildman–Crippen MR) is 135 cm³/mol. The number of morpholine rings is 1. The first-order chi connectivity index (χ1) is 16.0. The summed E-state index contributed by atoms with van der Waals surface area (Å²) in [4.78, 5) is 22.8. The van der Waals surface area contributed by atoms with Gasteiger partial charge >= 0.3 is 0 Å². The van der Waals surface area contributed by atoms with Gasteiger partial charge in [0.05, 0.1) is 30.0 Å². The van der Waals surface area contributed by atoms with E-state index in [1.54, 1.807) is 11.3 Å². The topological polar surface area (TPSA) is 54.9 Å². The van der Waals surface area contributed by atoms with Crippen molar-refractivity contribution >= 4 is 32.6 Å². The summed E-state index contributed by atoms with van der Waals surface area (Å²) in [5, 5.41) is 0.745. The lowest BCUT2D eigenvalue weighted by Gasteiger charge is -2.29. The molecule has 1 aliphatic heterocycles. The highest BCUT2D eigenvalue weighted by Gasteiger charge is 2.23. The second kappa shape index (κ2) is 11.1. The van der Waals surface area contributed by atoms with Crippen LogP contribution in [0.3, 0.4) is 0 Å². The quantitative estimate of drug-likeness (QED) is 0.411. The van der Waals surface area contributed by atoms with Gasteiger partial charge in [-0.2, -0.15) is 0 Å². The van der Waals surface area contributed by atoms with Crippen LogP contribution in [0.4, 0.5) is 5.13 Å². The van der Waals surface area contributed by atoms with Crippen LogP contribution in [0.2, 0.25) is 0 Å². The van der Waals surface area contributed by atoms with Gasteiger partial charge in [0.2, 0.25) is 0 Å². The first-order valence-corrected chi connectivity index (χ1v) is 12.6. The van der Waals surface area contributed by atoms with E-state index >= 15 is 0 Å². The van der Waals surface area contributed by atoms with Crippen LogP contribution in [-0.2, 0) is 4.74 Å². The van der Waals surface area contributed by atoms with E-state index in [0.717, 1.165) is 72.4 Å². The summed E-state index contributed by atoms with van der Waals surface area (Å²) < 4.78 is 12.4. The van der Waals surface area contributed by atoms with Gasteiger partial charge in [-0.25, -0.2) is 4.98 Å². The van der Waals surface area contributed by atoms with Crippen molar-refractivity contribution in [2.45, 2.75) is 33.6 Å². The molecular formula is C26H33N3O3S. The summed E-state index contributed by atoms with van der Waals surface area (Å²) in [5.41, 5.74) is 3.94. The Hall–Kier alpha value is -2.48. The molecule has 0 unspecified atom stereocenters. The average molecular weight is 468 g/mol. The van der Waals surface area contributed by atoms with Crippen LogP contribution in [0.1, 0.15) is 41.3 Å². The zero-order valence-corrected chi connectivity index (χ0v) is 20.6. The first kappa shape index (κ1) is 23.7. The van der Waals surface area contributed by atoms with E-state index in [-0.39, 0.29) is 5.91 Å². The molecule has 0 spiro atoms. The van der Waals surface area contributed by atoms with E-state index < -0.39 is 0 Å². The van der Waals surface area contributed by atoms with E-state index in [1.807, 2.05) is 29.2 Å². The maximum Gasteiger partial charge on any atom is 0.260 e. The second-order valence-corrected chi connectivity index (χ2v) is 9.57. The van der Waals surface area contributed by atoms with Crippen molar-refractivity contribution in [3.05, 3.63) is 53.1 Å². The molecule has 1 aromatic heterocycles. The van der Waals surface area contributed by atoms with Crippen molar-refractivity contribution < 1.29 is 14.3 Å². The van der Waals surface area contributed by atoms with Crippen LogP contribution < -0.4 is 9.64 Å². The molecule has 2 heterocycles. The SMILES string of the molecule is CCCCOc1cccc(C(=O)N(CCN2CCOCC2)c2nc3c(C)cc(C)cc3s2)c1. The molecule has 1 amide bonds. The molecular weight excluding hydrogens is 434 g/mol. The number of nitrogens with zero attached hydrogens (tertiary/aromatic N) is 3. The Bertz CT molecular complexity index is 1090. The van der Waals surface area contributed by atoms with E-state index in [9.17, 15) is 4.79 Å². The van der Waals surface area contributed by atoms with Crippen molar-refractivity contribution in [1.82, 2.24) is 9.88 Å². The highest BCUT2D eigenvalue weighted by molar-refractivity contribution is 7.22. The minimum Gasteiger partial charge on any atom is -0.494 e. The van der Waals surface area contributed by atoms with E-state index in [4.69, 9.17) is 14.5 Å². The van der Waals surface area contributed by atoms with Gasteiger partial charge in [-0.1, -0.05) is 36.8 Å². The van der Waals surface area contributed by atoms with Crippen molar-refractivity contribution in [1.29, 1.82) is 0 Å². The van der Waals surface area contributed by atoms with Crippen molar-refractivity contribution in [3.63, 3.8) is 0 Å². The molecule has 1 fully saturated rings. The summed E-state index contributed by atoms with van der Waals surface area (Å²) in [7, 11) is 0. The summed E-state index contributed by atoms with van der Waals surface area (Å²) in [6.07, 6.45) is 2.07. The monoisotopic (exact) mass is 467 g/mol. The lowest BCUT2D eigenvalue weighted by atomic mass is 10.1. The maximum atomic E-state index is 13.7. The predicted octanol–water partition coefficient (Wildman–Crippen LogP) is 5.07. The van der Waals surface area contributed by atoms with Gasteiger partial charge in [-0.05, 0) is 55.7 Å². The van der Waals surface area contributed by atoms with Crippen molar-refractivity contribution in [2.24, 2.45) is 0 Å². The number of amides is 1. The van der Waals surface area contributed by atoms with Gasteiger partial charge < -0.3 is 9.47 Å². The molecule has 0 radical (unpaired) electrons. The zero-order valence-electron chi connectivity index (χ0n) is 19.8. The van der Waals surface area contributed by atoms with Gasteiger partial charge in [-0.15, -0.1) is 0 Å². The molecule has 1 saturated heterocycles. The van der Waals surface area contributed by atoms with Crippen molar-refractivity contribution in [2.75, 3.05) is 50.9 Å². The number of fused-ring (bicyclic) bond motifs is 1. The lowest BCUT2D eigenvalue weighted by Crippen LogP contribution is -2.43. The normalized spacial score (nSPS) is 14.5.